The standard InChI is InChI=1S/C11H26N2O2/c1-5-13(6-2)8-10-15-11(7-9-14)12(3)4/h11,14H,5-10H2,1-4H3. The van der Waals surface area contributed by atoms with Crippen molar-refractivity contribution in [3.05, 3.63) is 0 Å². The molecule has 0 aliphatic heterocycles. The van der Waals surface area contributed by atoms with Gasteiger partial charge >= 0.3 is 0 Å². The van der Waals surface area contributed by atoms with Gasteiger partial charge in [-0.1, -0.05) is 13.8 Å². The van der Waals surface area contributed by atoms with E-state index in [1.807, 2.05) is 19.0 Å². The van der Waals surface area contributed by atoms with E-state index in [0.29, 0.717) is 6.42 Å². The molecule has 0 aromatic heterocycles. The van der Waals surface area contributed by atoms with Gasteiger partial charge in [-0.2, -0.15) is 0 Å². The Bertz CT molecular complexity index is 139. The summed E-state index contributed by atoms with van der Waals surface area (Å²) in [5, 5.41) is 8.87. The molecule has 4 heteroatoms. The van der Waals surface area contributed by atoms with E-state index in [0.717, 1.165) is 26.2 Å². The van der Waals surface area contributed by atoms with E-state index in [1.165, 1.54) is 0 Å². The summed E-state index contributed by atoms with van der Waals surface area (Å²) in [5.41, 5.74) is 0. The first-order chi connectivity index (χ1) is 7.15. The first kappa shape index (κ1) is 14.8. The zero-order chi connectivity index (χ0) is 11.7. The normalized spacial score (nSPS) is 13.8. The van der Waals surface area contributed by atoms with E-state index in [9.17, 15) is 0 Å². The van der Waals surface area contributed by atoms with E-state index < -0.39 is 0 Å². The Kier molecular flexibility index (Phi) is 9.00. The molecule has 0 bridgehead atoms. The van der Waals surface area contributed by atoms with Gasteiger partial charge in [-0.25, -0.2) is 0 Å². The molecule has 0 fully saturated rings. The Morgan fingerprint density at radius 2 is 1.80 bits per heavy atom. The fourth-order valence-corrected chi connectivity index (χ4v) is 1.46. The highest BCUT2D eigenvalue weighted by Gasteiger charge is 2.10. The zero-order valence-electron chi connectivity index (χ0n) is 10.6. The van der Waals surface area contributed by atoms with Crippen LogP contribution in [-0.4, -0.2) is 68.1 Å². The third-order valence-corrected chi connectivity index (χ3v) is 2.56. The number of likely N-dealkylation sites (N-methyl/N-ethyl adjacent to an activating group) is 1. The van der Waals surface area contributed by atoms with Gasteiger partial charge in [0, 0.05) is 19.6 Å². The van der Waals surface area contributed by atoms with E-state index in [1.54, 1.807) is 0 Å². The molecule has 0 spiro atoms. The fraction of sp³-hybridized carbons (Fsp3) is 1.00. The maximum Gasteiger partial charge on any atom is 0.112 e. The van der Waals surface area contributed by atoms with Gasteiger partial charge in [-0.05, 0) is 27.2 Å². The molecule has 0 aromatic carbocycles. The number of rotatable bonds is 9. The molecule has 0 radical (unpaired) electrons. The summed E-state index contributed by atoms with van der Waals surface area (Å²) < 4.78 is 5.70. The van der Waals surface area contributed by atoms with Crippen molar-refractivity contribution >= 4 is 0 Å². The second kappa shape index (κ2) is 9.09. The third kappa shape index (κ3) is 6.84. The van der Waals surface area contributed by atoms with Gasteiger partial charge in [0.2, 0.25) is 0 Å². The monoisotopic (exact) mass is 218 g/mol. The Hall–Kier alpha value is -0.160. The van der Waals surface area contributed by atoms with Crippen LogP contribution in [0.25, 0.3) is 0 Å². The van der Waals surface area contributed by atoms with Crippen molar-refractivity contribution in [1.82, 2.24) is 9.80 Å². The molecule has 15 heavy (non-hydrogen) atoms. The molecular formula is C11H26N2O2. The van der Waals surface area contributed by atoms with Crippen molar-refractivity contribution in [2.24, 2.45) is 0 Å². The van der Waals surface area contributed by atoms with Gasteiger partial charge in [0.05, 0.1) is 6.61 Å². The summed E-state index contributed by atoms with van der Waals surface area (Å²) in [6.45, 7) is 8.29. The molecule has 0 saturated heterocycles. The van der Waals surface area contributed by atoms with E-state index in [4.69, 9.17) is 9.84 Å². The number of nitrogens with zero attached hydrogens (tertiary/aromatic N) is 2. The molecule has 0 aromatic rings. The largest absolute Gasteiger partial charge is 0.396 e. The molecule has 1 unspecified atom stereocenters. The van der Waals surface area contributed by atoms with Crippen LogP contribution in [0.1, 0.15) is 20.3 Å². The molecule has 4 nitrogen and oxygen atoms in total. The summed E-state index contributed by atoms with van der Waals surface area (Å²) >= 11 is 0. The minimum atomic E-state index is 0.0329. The van der Waals surface area contributed by atoms with E-state index in [2.05, 4.69) is 18.7 Å². The number of aliphatic hydroxyl groups excluding tert-OH is 1. The highest BCUT2D eigenvalue weighted by atomic mass is 16.5. The van der Waals surface area contributed by atoms with Crippen molar-refractivity contribution in [3.63, 3.8) is 0 Å². The minimum Gasteiger partial charge on any atom is -0.396 e. The highest BCUT2D eigenvalue weighted by molar-refractivity contribution is 4.56. The van der Waals surface area contributed by atoms with Crippen LogP contribution in [0.4, 0.5) is 0 Å². The molecule has 92 valence electrons. The van der Waals surface area contributed by atoms with Crippen molar-refractivity contribution in [2.45, 2.75) is 26.5 Å². The van der Waals surface area contributed by atoms with Gasteiger partial charge in [-0.3, -0.25) is 4.90 Å². The maximum atomic E-state index is 8.87. The van der Waals surface area contributed by atoms with Gasteiger partial charge in [-0.15, -0.1) is 0 Å². The first-order valence-electron chi connectivity index (χ1n) is 5.76. The van der Waals surface area contributed by atoms with Gasteiger partial charge in [0.1, 0.15) is 6.23 Å². The topological polar surface area (TPSA) is 35.9 Å². The lowest BCUT2D eigenvalue weighted by Crippen LogP contribution is -2.35. The van der Waals surface area contributed by atoms with Crippen molar-refractivity contribution < 1.29 is 9.84 Å². The van der Waals surface area contributed by atoms with Crippen LogP contribution in [0.5, 0.6) is 0 Å². The Labute approximate surface area is 93.8 Å². The Morgan fingerprint density at radius 1 is 1.20 bits per heavy atom. The van der Waals surface area contributed by atoms with E-state index in [-0.39, 0.29) is 12.8 Å². The molecule has 1 atom stereocenters. The molecule has 1 N–H and O–H groups in total. The van der Waals surface area contributed by atoms with Crippen LogP contribution in [-0.2, 0) is 4.74 Å². The average molecular weight is 218 g/mol. The third-order valence-electron chi connectivity index (χ3n) is 2.56. The van der Waals surface area contributed by atoms with Crippen LogP contribution in [0.3, 0.4) is 0 Å². The second-order valence-electron chi connectivity index (χ2n) is 3.83. The van der Waals surface area contributed by atoms with Crippen LogP contribution in [0.2, 0.25) is 0 Å². The summed E-state index contributed by atoms with van der Waals surface area (Å²) in [7, 11) is 3.94. The lowest BCUT2D eigenvalue weighted by molar-refractivity contribution is -0.0537. The van der Waals surface area contributed by atoms with Crippen LogP contribution >= 0.6 is 0 Å². The molecule has 0 amide bonds. The van der Waals surface area contributed by atoms with Crippen LogP contribution in [0.15, 0.2) is 0 Å². The minimum absolute atomic E-state index is 0.0329. The van der Waals surface area contributed by atoms with Crippen molar-refractivity contribution in [1.29, 1.82) is 0 Å². The first-order valence-corrected chi connectivity index (χ1v) is 5.76. The van der Waals surface area contributed by atoms with Crippen molar-refractivity contribution in [3.8, 4) is 0 Å². The van der Waals surface area contributed by atoms with Gasteiger partial charge < -0.3 is 14.7 Å². The maximum absolute atomic E-state index is 8.87. The molecular weight excluding hydrogens is 192 g/mol. The van der Waals surface area contributed by atoms with E-state index >= 15 is 0 Å². The Morgan fingerprint density at radius 3 is 2.20 bits per heavy atom. The summed E-state index contributed by atoms with van der Waals surface area (Å²) in [6, 6.07) is 0. The zero-order valence-corrected chi connectivity index (χ0v) is 10.6. The van der Waals surface area contributed by atoms with Crippen LogP contribution < -0.4 is 0 Å². The SMILES string of the molecule is CCN(CC)CCOC(CCO)N(C)C. The molecule has 0 aliphatic rings. The number of hydrogen-bond acceptors (Lipinski definition) is 4. The quantitative estimate of drug-likeness (QED) is 0.575. The fourth-order valence-electron chi connectivity index (χ4n) is 1.46. The number of hydrogen-bond donors (Lipinski definition) is 1. The van der Waals surface area contributed by atoms with Gasteiger partial charge in [0.15, 0.2) is 0 Å². The second-order valence-corrected chi connectivity index (χ2v) is 3.83. The molecule has 0 aliphatic carbocycles. The molecule has 0 saturated carbocycles. The summed E-state index contributed by atoms with van der Waals surface area (Å²) in [4.78, 5) is 4.32. The van der Waals surface area contributed by atoms with Crippen molar-refractivity contribution in [2.75, 3.05) is 46.9 Å². The summed E-state index contributed by atoms with van der Waals surface area (Å²) in [6.07, 6.45) is 0.705. The van der Waals surface area contributed by atoms with Crippen LogP contribution in [0, 0.1) is 0 Å². The number of aliphatic hydroxyl groups is 1. The predicted molar refractivity (Wildman–Crippen MR) is 62.9 cm³/mol. The average Bonchev–Trinajstić information content (AvgIpc) is 2.22. The number of ether oxygens (including phenoxy) is 1. The molecule has 0 heterocycles. The smallest absolute Gasteiger partial charge is 0.112 e. The molecule has 0 rings (SSSR count). The lowest BCUT2D eigenvalue weighted by atomic mass is 10.4. The Balaban J connectivity index is 3.69. The summed E-state index contributed by atoms with van der Waals surface area (Å²) in [5.74, 6) is 0. The lowest BCUT2D eigenvalue weighted by Gasteiger charge is -2.25. The predicted octanol–water partition coefficient (Wildman–Crippen LogP) is 0.615. The highest BCUT2D eigenvalue weighted by Crippen LogP contribution is 2.01. The van der Waals surface area contributed by atoms with Gasteiger partial charge in [0.25, 0.3) is 0 Å².